The van der Waals surface area contributed by atoms with Crippen LogP contribution in [0.25, 0.3) is 0 Å². The second kappa shape index (κ2) is 8.11. The fourth-order valence-corrected chi connectivity index (χ4v) is 1.34. The zero-order valence-electron chi connectivity index (χ0n) is 7.80. The molecule has 1 saturated heterocycles. The Balaban J connectivity index is 0. The van der Waals surface area contributed by atoms with Crippen LogP contribution in [0, 0.1) is 0 Å². The molecule has 2 atom stereocenters. The minimum Gasteiger partial charge on any atom is -0.311 e. The SMILES string of the molecule is CC[C@@H]1CN[C@@H](CC)CN1.Cl.Cl. The summed E-state index contributed by atoms with van der Waals surface area (Å²) < 4.78 is 0. The molecule has 1 aliphatic heterocycles. The Kier molecular flexibility index (Phi) is 10.1. The maximum absolute atomic E-state index is 3.51. The van der Waals surface area contributed by atoms with Gasteiger partial charge in [0.1, 0.15) is 0 Å². The van der Waals surface area contributed by atoms with E-state index >= 15 is 0 Å². The van der Waals surface area contributed by atoms with Gasteiger partial charge in [-0.1, -0.05) is 13.8 Å². The van der Waals surface area contributed by atoms with Crippen molar-refractivity contribution in [2.45, 2.75) is 38.8 Å². The molecule has 76 valence electrons. The lowest BCUT2D eigenvalue weighted by Crippen LogP contribution is -2.53. The number of rotatable bonds is 2. The number of hydrogen-bond donors (Lipinski definition) is 2. The first-order chi connectivity index (χ1) is 4.86. The molecule has 4 heteroatoms. The van der Waals surface area contributed by atoms with Crippen LogP contribution in [0.3, 0.4) is 0 Å². The molecule has 1 heterocycles. The van der Waals surface area contributed by atoms with Crippen molar-refractivity contribution in [1.82, 2.24) is 10.6 Å². The first kappa shape index (κ1) is 15.0. The molecule has 2 nitrogen and oxygen atoms in total. The van der Waals surface area contributed by atoms with E-state index < -0.39 is 0 Å². The van der Waals surface area contributed by atoms with E-state index in [4.69, 9.17) is 0 Å². The van der Waals surface area contributed by atoms with Gasteiger partial charge in [-0.15, -0.1) is 24.8 Å². The Bertz CT molecular complexity index is 81.1. The van der Waals surface area contributed by atoms with E-state index in [1.807, 2.05) is 0 Å². The van der Waals surface area contributed by atoms with Crippen molar-refractivity contribution in [1.29, 1.82) is 0 Å². The average molecular weight is 215 g/mol. The summed E-state index contributed by atoms with van der Waals surface area (Å²) in [5.41, 5.74) is 0. The summed E-state index contributed by atoms with van der Waals surface area (Å²) in [5, 5.41) is 7.01. The fourth-order valence-electron chi connectivity index (χ4n) is 1.34. The van der Waals surface area contributed by atoms with Crippen molar-refractivity contribution in [2.24, 2.45) is 0 Å². The molecular formula is C8H20Cl2N2. The van der Waals surface area contributed by atoms with Crippen LogP contribution in [0.2, 0.25) is 0 Å². The van der Waals surface area contributed by atoms with Gasteiger partial charge in [0, 0.05) is 25.2 Å². The topological polar surface area (TPSA) is 24.1 Å². The molecule has 1 fully saturated rings. The number of piperazine rings is 1. The second-order valence-electron chi connectivity index (χ2n) is 3.03. The number of hydrogen-bond acceptors (Lipinski definition) is 2. The van der Waals surface area contributed by atoms with Gasteiger partial charge >= 0.3 is 0 Å². The predicted octanol–water partition coefficient (Wildman–Crippen LogP) is 1.58. The monoisotopic (exact) mass is 214 g/mol. The molecule has 0 aliphatic carbocycles. The summed E-state index contributed by atoms with van der Waals surface area (Å²) in [5.74, 6) is 0. The van der Waals surface area contributed by atoms with Crippen molar-refractivity contribution in [3.05, 3.63) is 0 Å². The van der Waals surface area contributed by atoms with E-state index in [0.717, 1.165) is 13.1 Å². The molecule has 12 heavy (non-hydrogen) atoms. The summed E-state index contributed by atoms with van der Waals surface area (Å²) in [4.78, 5) is 0. The summed E-state index contributed by atoms with van der Waals surface area (Å²) >= 11 is 0. The maximum atomic E-state index is 3.51. The highest BCUT2D eigenvalue weighted by atomic mass is 35.5. The van der Waals surface area contributed by atoms with Gasteiger partial charge in [0.15, 0.2) is 0 Å². The highest BCUT2D eigenvalue weighted by Gasteiger charge is 2.15. The van der Waals surface area contributed by atoms with Gasteiger partial charge in [-0.2, -0.15) is 0 Å². The van der Waals surface area contributed by atoms with Crippen molar-refractivity contribution in [3.8, 4) is 0 Å². The minimum absolute atomic E-state index is 0. The van der Waals surface area contributed by atoms with E-state index in [9.17, 15) is 0 Å². The number of halogens is 2. The molecule has 0 amide bonds. The summed E-state index contributed by atoms with van der Waals surface area (Å²) in [7, 11) is 0. The van der Waals surface area contributed by atoms with E-state index in [1.165, 1.54) is 12.8 Å². The molecular weight excluding hydrogens is 195 g/mol. The molecule has 2 N–H and O–H groups in total. The standard InChI is InChI=1S/C8H18N2.2ClH/c1-3-7-5-10-8(4-2)6-9-7;;/h7-10H,3-6H2,1-2H3;2*1H/t7-,8+;;. The summed E-state index contributed by atoms with van der Waals surface area (Å²) in [6.07, 6.45) is 2.48. The third kappa shape index (κ3) is 4.51. The Morgan fingerprint density at radius 1 is 0.917 bits per heavy atom. The molecule has 0 unspecified atom stereocenters. The van der Waals surface area contributed by atoms with Gasteiger partial charge in [0.05, 0.1) is 0 Å². The molecule has 0 radical (unpaired) electrons. The van der Waals surface area contributed by atoms with Crippen molar-refractivity contribution >= 4 is 24.8 Å². The zero-order valence-corrected chi connectivity index (χ0v) is 9.43. The van der Waals surface area contributed by atoms with Gasteiger partial charge < -0.3 is 10.6 Å². The fraction of sp³-hybridized carbons (Fsp3) is 1.00. The summed E-state index contributed by atoms with van der Waals surface area (Å²) in [6.45, 7) is 6.75. The molecule has 0 aromatic carbocycles. The maximum Gasteiger partial charge on any atom is 0.0190 e. The average Bonchev–Trinajstić information content (AvgIpc) is 2.05. The van der Waals surface area contributed by atoms with Gasteiger partial charge in [0.25, 0.3) is 0 Å². The van der Waals surface area contributed by atoms with E-state index in [1.54, 1.807) is 0 Å². The molecule has 0 bridgehead atoms. The molecule has 1 rings (SSSR count). The predicted molar refractivity (Wildman–Crippen MR) is 58.7 cm³/mol. The zero-order chi connectivity index (χ0) is 7.40. The van der Waals surface area contributed by atoms with E-state index in [2.05, 4.69) is 24.5 Å². The lowest BCUT2D eigenvalue weighted by atomic mass is 10.1. The Morgan fingerprint density at radius 2 is 1.25 bits per heavy atom. The normalized spacial score (nSPS) is 28.5. The van der Waals surface area contributed by atoms with Crippen LogP contribution >= 0.6 is 24.8 Å². The van der Waals surface area contributed by atoms with Crippen LogP contribution in [0.4, 0.5) is 0 Å². The Hall–Kier alpha value is 0.500. The Morgan fingerprint density at radius 3 is 1.42 bits per heavy atom. The largest absolute Gasteiger partial charge is 0.311 e. The molecule has 0 spiro atoms. The van der Waals surface area contributed by atoms with E-state index in [0.29, 0.717) is 12.1 Å². The quantitative estimate of drug-likeness (QED) is 0.730. The highest BCUT2D eigenvalue weighted by molar-refractivity contribution is 5.85. The lowest BCUT2D eigenvalue weighted by molar-refractivity contribution is 0.334. The first-order valence-corrected chi connectivity index (χ1v) is 4.33. The van der Waals surface area contributed by atoms with Crippen LogP contribution in [-0.2, 0) is 0 Å². The van der Waals surface area contributed by atoms with Gasteiger partial charge in [-0.3, -0.25) is 0 Å². The summed E-state index contributed by atoms with van der Waals surface area (Å²) in [6, 6.07) is 1.42. The third-order valence-corrected chi connectivity index (χ3v) is 2.29. The Labute approximate surface area is 87.7 Å². The minimum atomic E-state index is 0. The van der Waals surface area contributed by atoms with Crippen LogP contribution in [0.5, 0.6) is 0 Å². The number of nitrogens with one attached hydrogen (secondary N) is 2. The van der Waals surface area contributed by atoms with Crippen molar-refractivity contribution in [3.63, 3.8) is 0 Å². The smallest absolute Gasteiger partial charge is 0.0190 e. The molecule has 1 aliphatic rings. The lowest BCUT2D eigenvalue weighted by Gasteiger charge is -2.29. The van der Waals surface area contributed by atoms with Crippen LogP contribution in [0.1, 0.15) is 26.7 Å². The van der Waals surface area contributed by atoms with Gasteiger partial charge in [-0.25, -0.2) is 0 Å². The van der Waals surface area contributed by atoms with E-state index in [-0.39, 0.29) is 24.8 Å². The molecule has 0 aromatic heterocycles. The van der Waals surface area contributed by atoms with Crippen LogP contribution in [-0.4, -0.2) is 25.2 Å². The van der Waals surface area contributed by atoms with Gasteiger partial charge in [0.2, 0.25) is 0 Å². The van der Waals surface area contributed by atoms with Crippen LogP contribution < -0.4 is 10.6 Å². The third-order valence-electron chi connectivity index (χ3n) is 2.29. The van der Waals surface area contributed by atoms with Crippen molar-refractivity contribution in [2.75, 3.05) is 13.1 Å². The highest BCUT2D eigenvalue weighted by Crippen LogP contribution is 1.99. The van der Waals surface area contributed by atoms with Crippen LogP contribution in [0.15, 0.2) is 0 Å². The molecule has 0 aromatic rings. The van der Waals surface area contributed by atoms with Gasteiger partial charge in [-0.05, 0) is 12.8 Å². The molecule has 0 saturated carbocycles. The van der Waals surface area contributed by atoms with Crippen molar-refractivity contribution < 1.29 is 0 Å². The second-order valence-corrected chi connectivity index (χ2v) is 3.03. The first-order valence-electron chi connectivity index (χ1n) is 4.33.